The van der Waals surface area contributed by atoms with Gasteiger partial charge in [-0.15, -0.1) is 0 Å². The molecule has 0 radical (unpaired) electrons. The van der Waals surface area contributed by atoms with Crippen LogP contribution < -0.4 is 15.2 Å². The molecule has 0 saturated heterocycles. The van der Waals surface area contributed by atoms with Gasteiger partial charge in [0.2, 0.25) is 0 Å². The second kappa shape index (κ2) is 2.92. The van der Waals surface area contributed by atoms with Crippen molar-refractivity contribution in [2.24, 2.45) is 5.73 Å². The Bertz CT molecular complexity index is 336. The Morgan fingerprint density at radius 3 is 3.00 bits per heavy atom. The van der Waals surface area contributed by atoms with Crippen LogP contribution in [0.25, 0.3) is 0 Å². The van der Waals surface area contributed by atoms with E-state index in [9.17, 15) is 0 Å². The van der Waals surface area contributed by atoms with E-state index in [1.54, 1.807) is 7.11 Å². The number of fused-ring (bicyclic) bond motifs is 1. The van der Waals surface area contributed by atoms with Crippen LogP contribution in [0.5, 0.6) is 11.5 Å². The van der Waals surface area contributed by atoms with Gasteiger partial charge in [0.1, 0.15) is 18.1 Å². The highest BCUT2D eigenvalue weighted by Crippen LogP contribution is 2.38. The van der Waals surface area contributed by atoms with E-state index in [-0.39, 0.29) is 6.04 Å². The zero-order chi connectivity index (χ0) is 9.42. The van der Waals surface area contributed by atoms with E-state index >= 15 is 0 Å². The molecule has 0 fully saturated rings. The highest BCUT2D eigenvalue weighted by atomic mass is 16.5. The van der Waals surface area contributed by atoms with Gasteiger partial charge >= 0.3 is 0 Å². The summed E-state index contributed by atoms with van der Waals surface area (Å²) < 4.78 is 10.7. The molecule has 1 aromatic rings. The maximum absolute atomic E-state index is 5.87. The fraction of sp³-hybridized carbons (Fsp3) is 0.400. The molecule has 13 heavy (non-hydrogen) atoms. The van der Waals surface area contributed by atoms with E-state index in [4.69, 9.17) is 15.2 Å². The van der Waals surface area contributed by atoms with E-state index in [2.05, 4.69) is 0 Å². The number of hydrogen-bond donors (Lipinski definition) is 1. The van der Waals surface area contributed by atoms with Gasteiger partial charge in [0, 0.05) is 0 Å². The molecular weight excluding hydrogens is 166 g/mol. The maximum Gasteiger partial charge on any atom is 0.128 e. The van der Waals surface area contributed by atoms with Gasteiger partial charge in [-0.25, -0.2) is 0 Å². The number of benzene rings is 1. The van der Waals surface area contributed by atoms with Crippen LogP contribution in [0.2, 0.25) is 0 Å². The van der Waals surface area contributed by atoms with E-state index in [1.807, 2.05) is 19.1 Å². The van der Waals surface area contributed by atoms with Crippen LogP contribution in [0.4, 0.5) is 0 Å². The average molecular weight is 179 g/mol. The topological polar surface area (TPSA) is 44.5 Å². The monoisotopic (exact) mass is 179 g/mol. The molecule has 0 aliphatic carbocycles. The molecule has 0 saturated carbocycles. The molecule has 2 N–H and O–H groups in total. The van der Waals surface area contributed by atoms with Crippen molar-refractivity contribution in [1.82, 2.24) is 0 Å². The normalized spacial score (nSPS) is 19.5. The van der Waals surface area contributed by atoms with Crippen LogP contribution in [0.15, 0.2) is 12.1 Å². The number of methoxy groups -OCH3 is 1. The fourth-order valence-electron chi connectivity index (χ4n) is 1.65. The molecule has 1 aromatic carbocycles. The molecule has 3 heteroatoms. The SMILES string of the molecule is COc1cc(C)cc2c1[C@@H](N)CO2. The summed E-state index contributed by atoms with van der Waals surface area (Å²) in [7, 11) is 1.65. The highest BCUT2D eigenvalue weighted by molar-refractivity contribution is 5.51. The number of nitrogens with two attached hydrogens (primary N) is 1. The first kappa shape index (κ1) is 8.38. The summed E-state index contributed by atoms with van der Waals surface area (Å²) in [6, 6.07) is 3.92. The summed E-state index contributed by atoms with van der Waals surface area (Å²) in [4.78, 5) is 0. The van der Waals surface area contributed by atoms with Crippen molar-refractivity contribution >= 4 is 0 Å². The lowest BCUT2D eigenvalue weighted by Gasteiger charge is -2.09. The van der Waals surface area contributed by atoms with Crippen molar-refractivity contribution in [2.45, 2.75) is 13.0 Å². The second-order valence-corrected chi connectivity index (χ2v) is 3.30. The molecule has 1 aliphatic heterocycles. The Morgan fingerprint density at radius 1 is 1.54 bits per heavy atom. The van der Waals surface area contributed by atoms with Gasteiger partial charge in [-0.05, 0) is 24.6 Å². The predicted molar refractivity (Wildman–Crippen MR) is 50.2 cm³/mol. The molecule has 0 aromatic heterocycles. The van der Waals surface area contributed by atoms with Crippen LogP contribution in [-0.2, 0) is 0 Å². The van der Waals surface area contributed by atoms with Gasteiger partial charge in [-0.2, -0.15) is 0 Å². The van der Waals surface area contributed by atoms with E-state index in [1.165, 1.54) is 0 Å². The predicted octanol–water partition coefficient (Wildman–Crippen LogP) is 1.40. The first-order valence-electron chi connectivity index (χ1n) is 4.29. The smallest absolute Gasteiger partial charge is 0.128 e. The highest BCUT2D eigenvalue weighted by Gasteiger charge is 2.24. The zero-order valence-corrected chi connectivity index (χ0v) is 7.83. The summed E-state index contributed by atoms with van der Waals surface area (Å²) in [6.07, 6.45) is 0. The van der Waals surface area contributed by atoms with Gasteiger partial charge in [0.15, 0.2) is 0 Å². The van der Waals surface area contributed by atoms with Crippen molar-refractivity contribution in [2.75, 3.05) is 13.7 Å². The van der Waals surface area contributed by atoms with Crippen molar-refractivity contribution < 1.29 is 9.47 Å². The number of ether oxygens (including phenoxy) is 2. The zero-order valence-electron chi connectivity index (χ0n) is 7.83. The molecule has 3 nitrogen and oxygen atoms in total. The first-order valence-corrected chi connectivity index (χ1v) is 4.29. The van der Waals surface area contributed by atoms with E-state index in [0.717, 1.165) is 22.6 Å². The van der Waals surface area contributed by atoms with Crippen LogP contribution in [0, 0.1) is 6.92 Å². The lowest BCUT2D eigenvalue weighted by atomic mass is 10.1. The molecule has 0 bridgehead atoms. The van der Waals surface area contributed by atoms with Crippen LogP contribution in [0.3, 0.4) is 0 Å². The minimum atomic E-state index is -0.0504. The van der Waals surface area contributed by atoms with Crippen LogP contribution in [0.1, 0.15) is 17.2 Å². The van der Waals surface area contributed by atoms with Crippen molar-refractivity contribution in [3.63, 3.8) is 0 Å². The van der Waals surface area contributed by atoms with Crippen LogP contribution >= 0.6 is 0 Å². The summed E-state index contributed by atoms with van der Waals surface area (Å²) in [5, 5.41) is 0. The molecule has 0 amide bonds. The molecule has 0 unspecified atom stereocenters. The van der Waals surface area contributed by atoms with Crippen LogP contribution in [-0.4, -0.2) is 13.7 Å². The second-order valence-electron chi connectivity index (χ2n) is 3.30. The summed E-state index contributed by atoms with van der Waals surface area (Å²) in [6.45, 7) is 2.56. The van der Waals surface area contributed by atoms with Crippen molar-refractivity contribution in [1.29, 1.82) is 0 Å². The van der Waals surface area contributed by atoms with E-state index < -0.39 is 0 Å². The Hall–Kier alpha value is -1.22. The van der Waals surface area contributed by atoms with Gasteiger partial charge in [0.25, 0.3) is 0 Å². The van der Waals surface area contributed by atoms with Gasteiger partial charge in [-0.1, -0.05) is 0 Å². The average Bonchev–Trinajstić information content (AvgIpc) is 2.46. The fourth-order valence-corrected chi connectivity index (χ4v) is 1.65. The molecular formula is C10H13NO2. The summed E-state index contributed by atoms with van der Waals surface area (Å²) in [5.74, 6) is 1.70. The third kappa shape index (κ3) is 1.25. The minimum Gasteiger partial charge on any atom is -0.496 e. The van der Waals surface area contributed by atoms with E-state index in [0.29, 0.717) is 6.61 Å². The number of rotatable bonds is 1. The van der Waals surface area contributed by atoms with Gasteiger partial charge in [-0.3, -0.25) is 0 Å². The largest absolute Gasteiger partial charge is 0.496 e. The quantitative estimate of drug-likeness (QED) is 0.708. The molecule has 1 aliphatic rings. The Balaban J connectivity index is 2.57. The van der Waals surface area contributed by atoms with Gasteiger partial charge < -0.3 is 15.2 Å². The molecule has 1 atom stereocenters. The minimum absolute atomic E-state index is 0.0504. The number of hydrogen-bond acceptors (Lipinski definition) is 3. The third-order valence-corrected chi connectivity index (χ3v) is 2.26. The lowest BCUT2D eigenvalue weighted by molar-refractivity contribution is 0.333. The Kier molecular flexibility index (Phi) is 1.88. The molecule has 70 valence electrons. The Morgan fingerprint density at radius 2 is 2.31 bits per heavy atom. The Labute approximate surface area is 77.5 Å². The molecule has 2 rings (SSSR count). The van der Waals surface area contributed by atoms with Crippen molar-refractivity contribution in [3.05, 3.63) is 23.3 Å². The lowest BCUT2D eigenvalue weighted by Crippen LogP contribution is -2.11. The summed E-state index contributed by atoms with van der Waals surface area (Å²) >= 11 is 0. The third-order valence-electron chi connectivity index (χ3n) is 2.26. The number of aryl methyl sites for hydroxylation is 1. The standard InChI is InChI=1S/C10H13NO2/c1-6-3-8(12-2)10-7(11)5-13-9(10)4-6/h3-4,7H,5,11H2,1-2H3/t7-/m0/s1. The molecule has 1 heterocycles. The maximum atomic E-state index is 5.87. The molecule has 0 spiro atoms. The first-order chi connectivity index (χ1) is 6.22. The summed E-state index contributed by atoms with van der Waals surface area (Å²) in [5.41, 5.74) is 7.99. The van der Waals surface area contributed by atoms with Crippen molar-refractivity contribution in [3.8, 4) is 11.5 Å². The van der Waals surface area contributed by atoms with Gasteiger partial charge in [0.05, 0.1) is 18.7 Å².